The normalized spacial score (nSPS) is 16.5. The van der Waals surface area contributed by atoms with E-state index < -0.39 is 17.5 Å². The Bertz CT molecular complexity index is 431. The summed E-state index contributed by atoms with van der Waals surface area (Å²) >= 11 is 0. The highest BCUT2D eigenvalue weighted by molar-refractivity contribution is 5.85. The zero-order valence-electron chi connectivity index (χ0n) is 12.6. The number of piperazine rings is 1. The number of hydrogen-bond acceptors (Lipinski definition) is 2. The average Bonchev–Trinajstić information content (AvgIpc) is 2.46. The molecule has 0 aromatic heterocycles. The van der Waals surface area contributed by atoms with Crippen LogP contribution in [0.3, 0.4) is 0 Å². The maximum atomic E-state index is 13.4. The highest BCUT2D eigenvalue weighted by atomic mass is 35.5. The standard InChI is InChI=1S/C15H21F3N2.2ClH/c1-2-3-4-14(20-7-5-19-6-8-20)11-9-12(16)15(18)13(17)10-11;;/h9-10,14,19H,2-8H2,1H3;2*1H/t14-;;/m1../s1. The molecule has 1 aliphatic heterocycles. The molecular formula is C15H23Cl2F3N2. The summed E-state index contributed by atoms with van der Waals surface area (Å²) in [5, 5.41) is 3.26. The summed E-state index contributed by atoms with van der Waals surface area (Å²) in [5.74, 6) is -3.59. The summed E-state index contributed by atoms with van der Waals surface area (Å²) in [6.07, 6.45) is 2.84. The van der Waals surface area contributed by atoms with Crippen molar-refractivity contribution in [2.24, 2.45) is 0 Å². The summed E-state index contributed by atoms with van der Waals surface area (Å²) in [6, 6.07) is 2.24. The molecule has 1 saturated heterocycles. The Hall–Kier alpha value is -0.490. The Kier molecular flexibility index (Phi) is 10.1. The first-order chi connectivity index (χ1) is 9.63. The molecule has 1 aliphatic rings. The fourth-order valence-electron chi connectivity index (χ4n) is 2.72. The van der Waals surface area contributed by atoms with Crippen molar-refractivity contribution in [1.29, 1.82) is 0 Å². The van der Waals surface area contributed by atoms with Crippen molar-refractivity contribution in [2.75, 3.05) is 26.2 Å². The van der Waals surface area contributed by atoms with Gasteiger partial charge in [0, 0.05) is 32.2 Å². The highest BCUT2D eigenvalue weighted by Crippen LogP contribution is 2.29. The van der Waals surface area contributed by atoms with Crippen molar-refractivity contribution in [3.63, 3.8) is 0 Å². The fraction of sp³-hybridized carbons (Fsp3) is 0.600. The van der Waals surface area contributed by atoms with Gasteiger partial charge in [-0.3, -0.25) is 4.90 Å². The second-order valence-electron chi connectivity index (χ2n) is 5.24. The first kappa shape index (κ1) is 21.5. The minimum absolute atomic E-state index is 0. The molecule has 0 saturated carbocycles. The van der Waals surface area contributed by atoms with Gasteiger partial charge in [-0.05, 0) is 24.1 Å². The van der Waals surface area contributed by atoms with Crippen LogP contribution in [-0.4, -0.2) is 31.1 Å². The average molecular weight is 359 g/mol. The predicted octanol–water partition coefficient (Wildman–Crippen LogP) is 4.08. The highest BCUT2D eigenvalue weighted by Gasteiger charge is 2.24. The molecule has 0 amide bonds. The molecule has 1 N–H and O–H groups in total. The molecule has 1 atom stereocenters. The minimum Gasteiger partial charge on any atom is -0.314 e. The van der Waals surface area contributed by atoms with Crippen molar-refractivity contribution >= 4 is 24.8 Å². The second-order valence-corrected chi connectivity index (χ2v) is 5.24. The SMILES string of the molecule is CCCC[C@H](c1cc(F)c(F)c(F)c1)N1CCNCC1.Cl.Cl. The Balaban J connectivity index is 0.00000220. The number of rotatable bonds is 5. The first-order valence-corrected chi connectivity index (χ1v) is 7.22. The lowest BCUT2D eigenvalue weighted by Gasteiger charge is -2.35. The van der Waals surface area contributed by atoms with Gasteiger partial charge in [-0.2, -0.15) is 0 Å². The Morgan fingerprint density at radius 1 is 1.09 bits per heavy atom. The van der Waals surface area contributed by atoms with Crippen LogP contribution in [0, 0.1) is 17.5 Å². The van der Waals surface area contributed by atoms with Crippen LogP contribution in [0.5, 0.6) is 0 Å². The first-order valence-electron chi connectivity index (χ1n) is 7.22. The molecule has 1 fully saturated rings. The quantitative estimate of drug-likeness (QED) is 0.797. The number of nitrogens with zero attached hydrogens (tertiary/aromatic N) is 1. The lowest BCUT2D eigenvalue weighted by atomic mass is 9.98. The molecule has 22 heavy (non-hydrogen) atoms. The molecule has 7 heteroatoms. The van der Waals surface area contributed by atoms with Gasteiger partial charge in [-0.25, -0.2) is 13.2 Å². The van der Waals surface area contributed by atoms with Gasteiger partial charge in [0.2, 0.25) is 0 Å². The Morgan fingerprint density at radius 2 is 1.64 bits per heavy atom. The topological polar surface area (TPSA) is 15.3 Å². The van der Waals surface area contributed by atoms with Crippen LogP contribution in [0.15, 0.2) is 12.1 Å². The zero-order valence-corrected chi connectivity index (χ0v) is 14.2. The van der Waals surface area contributed by atoms with Crippen molar-refractivity contribution in [1.82, 2.24) is 10.2 Å². The van der Waals surface area contributed by atoms with Gasteiger partial charge in [0.1, 0.15) is 0 Å². The molecule has 2 nitrogen and oxygen atoms in total. The van der Waals surface area contributed by atoms with Gasteiger partial charge in [0.05, 0.1) is 0 Å². The summed E-state index contributed by atoms with van der Waals surface area (Å²) in [6.45, 7) is 5.51. The smallest absolute Gasteiger partial charge is 0.194 e. The van der Waals surface area contributed by atoms with E-state index in [0.29, 0.717) is 5.56 Å². The molecule has 1 heterocycles. The van der Waals surface area contributed by atoms with Crippen molar-refractivity contribution < 1.29 is 13.2 Å². The second kappa shape index (κ2) is 10.3. The van der Waals surface area contributed by atoms with E-state index >= 15 is 0 Å². The van der Waals surface area contributed by atoms with Crippen LogP contribution in [0.2, 0.25) is 0 Å². The van der Waals surface area contributed by atoms with Crippen molar-refractivity contribution in [3.05, 3.63) is 35.1 Å². The van der Waals surface area contributed by atoms with Crippen molar-refractivity contribution in [2.45, 2.75) is 32.2 Å². The Labute approximate surface area is 142 Å². The van der Waals surface area contributed by atoms with Gasteiger partial charge in [0.25, 0.3) is 0 Å². The summed E-state index contributed by atoms with van der Waals surface area (Å²) in [5.41, 5.74) is 0.539. The molecule has 0 radical (unpaired) electrons. The van der Waals surface area contributed by atoms with E-state index in [1.165, 1.54) is 0 Å². The van der Waals surface area contributed by atoms with Crippen LogP contribution in [0.1, 0.15) is 37.8 Å². The number of unbranched alkanes of at least 4 members (excludes halogenated alkanes) is 1. The summed E-state index contributed by atoms with van der Waals surface area (Å²) in [7, 11) is 0. The number of benzene rings is 1. The Morgan fingerprint density at radius 3 is 2.14 bits per heavy atom. The van der Waals surface area contributed by atoms with Gasteiger partial charge in [0.15, 0.2) is 17.5 Å². The third-order valence-electron chi connectivity index (χ3n) is 3.81. The van der Waals surface area contributed by atoms with Crippen LogP contribution >= 0.6 is 24.8 Å². The van der Waals surface area contributed by atoms with Crippen LogP contribution < -0.4 is 5.32 Å². The summed E-state index contributed by atoms with van der Waals surface area (Å²) < 4.78 is 40.0. The maximum absolute atomic E-state index is 13.4. The van der Waals surface area contributed by atoms with Gasteiger partial charge in [-0.15, -0.1) is 24.8 Å². The molecule has 1 aromatic rings. The van der Waals surface area contributed by atoms with Crippen molar-refractivity contribution in [3.8, 4) is 0 Å². The van der Waals surface area contributed by atoms with E-state index in [4.69, 9.17) is 0 Å². The lowest BCUT2D eigenvalue weighted by molar-refractivity contribution is 0.162. The van der Waals surface area contributed by atoms with Gasteiger partial charge < -0.3 is 5.32 Å². The number of halogens is 5. The van der Waals surface area contributed by atoms with Crippen LogP contribution in [0.4, 0.5) is 13.2 Å². The van der Waals surface area contributed by atoms with E-state index in [-0.39, 0.29) is 30.9 Å². The monoisotopic (exact) mass is 358 g/mol. The number of hydrogen-bond donors (Lipinski definition) is 1. The molecular weight excluding hydrogens is 336 g/mol. The molecule has 0 bridgehead atoms. The largest absolute Gasteiger partial charge is 0.314 e. The van der Waals surface area contributed by atoms with Crippen LogP contribution in [-0.2, 0) is 0 Å². The van der Waals surface area contributed by atoms with Gasteiger partial charge in [-0.1, -0.05) is 19.8 Å². The van der Waals surface area contributed by atoms with Crippen LogP contribution in [0.25, 0.3) is 0 Å². The minimum atomic E-state index is -1.39. The van der Waals surface area contributed by atoms with E-state index in [0.717, 1.165) is 57.6 Å². The van der Waals surface area contributed by atoms with E-state index in [1.807, 2.05) is 0 Å². The third-order valence-corrected chi connectivity index (χ3v) is 3.81. The maximum Gasteiger partial charge on any atom is 0.194 e. The summed E-state index contributed by atoms with van der Waals surface area (Å²) in [4.78, 5) is 2.22. The fourth-order valence-corrected chi connectivity index (χ4v) is 2.72. The number of nitrogens with one attached hydrogen (secondary N) is 1. The zero-order chi connectivity index (χ0) is 14.5. The van der Waals surface area contributed by atoms with E-state index in [9.17, 15) is 13.2 Å². The van der Waals surface area contributed by atoms with E-state index in [2.05, 4.69) is 17.1 Å². The van der Waals surface area contributed by atoms with E-state index in [1.54, 1.807) is 0 Å². The molecule has 2 rings (SSSR count). The third kappa shape index (κ3) is 5.30. The molecule has 0 spiro atoms. The molecule has 0 aliphatic carbocycles. The van der Waals surface area contributed by atoms with Gasteiger partial charge >= 0.3 is 0 Å². The lowest BCUT2D eigenvalue weighted by Crippen LogP contribution is -2.45. The predicted molar refractivity (Wildman–Crippen MR) is 87.5 cm³/mol. The molecule has 1 aromatic carbocycles. The molecule has 0 unspecified atom stereocenters. The molecule has 128 valence electrons.